The fourth-order valence-corrected chi connectivity index (χ4v) is 5.30. The fourth-order valence-electron chi connectivity index (χ4n) is 3.91. The lowest BCUT2D eigenvalue weighted by Gasteiger charge is -2.30. The van der Waals surface area contributed by atoms with Gasteiger partial charge in [0.1, 0.15) is 11.9 Å². The van der Waals surface area contributed by atoms with Gasteiger partial charge in [-0.05, 0) is 66.0 Å². The fraction of sp³-hybridized carbons (Fsp3) is 0.346. The van der Waals surface area contributed by atoms with E-state index in [0.29, 0.717) is 6.54 Å². The van der Waals surface area contributed by atoms with Gasteiger partial charge in [-0.2, -0.15) is 0 Å². The normalized spacial score (nSPS) is 15.7. The van der Waals surface area contributed by atoms with E-state index in [1.54, 1.807) is 33.8 Å². The smallest absolute Gasteiger partial charge is 0.407 e. The first-order valence-corrected chi connectivity index (χ1v) is 13.0. The van der Waals surface area contributed by atoms with Crippen LogP contribution in [-0.2, 0) is 9.53 Å². The molecule has 2 amide bonds. The van der Waals surface area contributed by atoms with Crippen molar-refractivity contribution in [2.75, 3.05) is 13.7 Å². The Bertz CT molecular complexity index is 1300. The lowest BCUT2D eigenvalue weighted by molar-refractivity contribution is -0.135. The number of amides is 2. The molecule has 1 aliphatic rings. The molecule has 4 rings (SSSR count). The highest BCUT2D eigenvalue weighted by molar-refractivity contribution is 7.16. The molecule has 0 saturated carbocycles. The topological polar surface area (TPSA) is 87.3 Å². The van der Waals surface area contributed by atoms with Crippen LogP contribution in [0.3, 0.4) is 0 Å². The van der Waals surface area contributed by atoms with Crippen molar-refractivity contribution in [2.45, 2.75) is 38.8 Å². The number of alkyl carbamates (subject to hydrolysis) is 1. The van der Waals surface area contributed by atoms with Crippen LogP contribution in [0.4, 0.5) is 4.79 Å². The van der Waals surface area contributed by atoms with Gasteiger partial charge in [0, 0.05) is 6.54 Å². The van der Waals surface area contributed by atoms with Crippen molar-refractivity contribution in [3.63, 3.8) is 0 Å². The minimum atomic E-state index is -0.654. The number of aromatic amines is 1. The number of carbonyl (C=O) groups excluding carboxylic acids is 2. The number of hydrogen-bond acceptors (Lipinski definition) is 6. The summed E-state index contributed by atoms with van der Waals surface area (Å²) in [5, 5.41) is 4.66. The van der Waals surface area contributed by atoms with Crippen LogP contribution < -0.4 is 5.32 Å². The van der Waals surface area contributed by atoms with Crippen LogP contribution in [-0.4, -0.2) is 46.6 Å². The first kappa shape index (κ1) is 24.6. The van der Waals surface area contributed by atoms with E-state index < -0.39 is 12.1 Å². The third kappa shape index (κ3) is 5.94. The molecule has 1 saturated heterocycles. The number of aromatic nitrogens is 2. The number of rotatable bonds is 5. The Kier molecular flexibility index (Phi) is 7.91. The number of nitrogens with zero attached hydrogens (tertiary/aromatic N) is 2. The van der Waals surface area contributed by atoms with E-state index in [-0.39, 0.29) is 17.9 Å². The molecule has 35 heavy (non-hydrogen) atoms. The van der Waals surface area contributed by atoms with E-state index in [9.17, 15) is 9.59 Å². The maximum atomic E-state index is 13.3. The molecular formula is C26H26N4O3S2. The zero-order chi connectivity index (χ0) is 24.8. The van der Waals surface area contributed by atoms with Crippen molar-refractivity contribution in [3.8, 4) is 34.3 Å². The molecule has 0 aliphatic carbocycles. The second-order valence-corrected chi connectivity index (χ2v) is 10.4. The molecule has 2 atom stereocenters. The summed E-state index contributed by atoms with van der Waals surface area (Å²) < 4.78 is 4.70. The standard InChI is InChI=1S/C26H26N4O3S2/c1-17(2)23(29-26(32)33-3)25(31)30-14-6-11-21(30)24-27-16-20(28-24)22-13-12-19(35-22)9-5-4-8-18-10-7-15-34-18/h7,10,12-13,15-17,21,23H,6,11,14H2,1-3H3,(H,27,28)(H,29,32)/t21-,23-/m0/s1. The number of methoxy groups -OCH3 is 1. The highest BCUT2D eigenvalue weighted by Gasteiger charge is 2.37. The van der Waals surface area contributed by atoms with Crippen molar-refractivity contribution in [1.29, 1.82) is 0 Å². The van der Waals surface area contributed by atoms with Gasteiger partial charge in [0.25, 0.3) is 0 Å². The predicted octanol–water partition coefficient (Wildman–Crippen LogP) is 4.65. The molecule has 3 aromatic heterocycles. The van der Waals surface area contributed by atoms with Crippen LogP contribution >= 0.6 is 22.7 Å². The van der Waals surface area contributed by atoms with Gasteiger partial charge in [0.05, 0.1) is 39.7 Å². The largest absolute Gasteiger partial charge is 0.453 e. The van der Waals surface area contributed by atoms with Gasteiger partial charge in [-0.1, -0.05) is 19.9 Å². The number of imidazole rings is 1. The van der Waals surface area contributed by atoms with E-state index in [2.05, 4.69) is 39.0 Å². The third-order valence-electron chi connectivity index (χ3n) is 5.66. The lowest BCUT2D eigenvalue weighted by atomic mass is 10.0. The first-order chi connectivity index (χ1) is 17.0. The summed E-state index contributed by atoms with van der Waals surface area (Å²) in [5.41, 5.74) is 0.884. The van der Waals surface area contributed by atoms with Crippen LogP contribution in [0.1, 0.15) is 48.3 Å². The molecule has 0 spiro atoms. The van der Waals surface area contributed by atoms with Gasteiger partial charge < -0.3 is 19.9 Å². The Labute approximate surface area is 212 Å². The molecule has 1 aliphatic heterocycles. The number of likely N-dealkylation sites (tertiary alicyclic amines) is 1. The number of nitrogens with one attached hydrogen (secondary N) is 2. The van der Waals surface area contributed by atoms with Gasteiger partial charge in [0.15, 0.2) is 0 Å². The molecule has 7 nitrogen and oxygen atoms in total. The van der Waals surface area contributed by atoms with Gasteiger partial charge in [0.2, 0.25) is 5.91 Å². The van der Waals surface area contributed by atoms with Crippen LogP contribution in [0.15, 0.2) is 35.8 Å². The summed E-state index contributed by atoms with van der Waals surface area (Å²) in [5.74, 6) is 12.5. The summed E-state index contributed by atoms with van der Waals surface area (Å²) in [4.78, 5) is 37.8. The molecule has 180 valence electrons. The minimum absolute atomic E-state index is 0.0735. The quantitative estimate of drug-likeness (QED) is 0.494. The highest BCUT2D eigenvalue weighted by atomic mass is 32.1. The van der Waals surface area contributed by atoms with E-state index in [1.165, 1.54) is 7.11 Å². The molecule has 3 aromatic rings. The second-order valence-electron chi connectivity index (χ2n) is 8.37. The number of ether oxygens (including phenoxy) is 1. The van der Waals surface area contributed by atoms with E-state index >= 15 is 0 Å². The lowest BCUT2D eigenvalue weighted by Crippen LogP contribution is -2.51. The molecule has 2 N–H and O–H groups in total. The monoisotopic (exact) mass is 506 g/mol. The Morgan fingerprint density at radius 2 is 2.03 bits per heavy atom. The number of thiophene rings is 2. The zero-order valence-electron chi connectivity index (χ0n) is 19.8. The van der Waals surface area contributed by atoms with Crippen molar-refractivity contribution in [1.82, 2.24) is 20.2 Å². The molecule has 4 heterocycles. The maximum Gasteiger partial charge on any atom is 0.407 e. The molecular weight excluding hydrogens is 480 g/mol. The summed E-state index contributed by atoms with van der Waals surface area (Å²) in [7, 11) is 1.29. The highest BCUT2D eigenvalue weighted by Crippen LogP contribution is 2.34. The van der Waals surface area contributed by atoms with Crippen LogP contribution in [0.25, 0.3) is 10.6 Å². The molecule has 0 radical (unpaired) electrons. The Balaban J connectivity index is 1.46. The summed E-state index contributed by atoms with van der Waals surface area (Å²) in [6.45, 7) is 4.43. The number of hydrogen-bond donors (Lipinski definition) is 2. The van der Waals surface area contributed by atoms with Crippen molar-refractivity contribution < 1.29 is 14.3 Å². The van der Waals surface area contributed by atoms with Crippen LogP contribution in [0, 0.1) is 29.6 Å². The maximum absolute atomic E-state index is 13.3. The molecule has 0 bridgehead atoms. The average molecular weight is 507 g/mol. The van der Waals surface area contributed by atoms with Gasteiger partial charge >= 0.3 is 6.09 Å². The third-order valence-corrected chi connectivity index (χ3v) is 7.48. The number of H-pyrrole nitrogens is 1. The van der Waals surface area contributed by atoms with E-state index in [0.717, 1.165) is 39.0 Å². The Morgan fingerprint density at radius 1 is 1.23 bits per heavy atom. The molecule has 1 fully saturated rings. The SMILES string of the molecule is COC(=O)N[C@H](C(=O)N1CCC[C@H]1c1ncc(-c2ccc(C#CC#Cc3cccs3)s2)[nH]1)C(C)C. The van der Waals surface area contributed by atoms with Crippen molar-refractivity contribution in [2.24, 2.45) is 5.92 Å². The van der Waals surface area contributed by atoms with Gasteiger partial charge in [-0.3, -0.25) is 4.79 Å². The van der Waals surface area contributed by atoms with Crippen molar-refractivity contribution in [3.05, 3.63) is 51.4 Å². The second kappa shape index (κ2) is 11.3. The molecule has 0 unspecified atom stereocenters. The zero-order valence-corrected chi connectivity index (χ0v) is 21.4. The average Bonchev–Trinajstić information content (AvgIpc) is 3.65. The Hall–Kier alpha value is -3.53. The molecule has 0 aromatic carbocycles. The predicted molar refractivity (Wildman–Crippen MR) is 138 cm³/mol. The summed E-state index contributed by atoms with van der Waals surface area (Å²) in [6, 6.07) is 7.09. The van der Waals surface area contributed by atoms with E-state index in [4.69, 9.17) is 4.74 Å². The van der Waals surface area contributed by atoms with Crippen LogP contribution in [0.5, 0.6) is 0 Å². The van der Waals surface area contributed by atoms with E-state index in [1.807, 2.05) is 43.5 Å². The molecule has 9 heteroatoms. The minimum Gasteiger partial charge on any atom is -0.453 e. The van der Waals surface area contributed by atoms with Crippen LogP contribution in [0.2, 0.25) is 0 Å². The van der Waals surface area contributed by atoms with Gasteiger partial charge in [-0.15, -0.1) is 22.7 Å². The summed E-state index contributed by atoms with van der Waals surface area (Å²) in [6.07, 6.45) is 2.87. The van der Waals surface area contributed by atoms with Crippen molar-refractivity contribution >= 4 is 34.7 Å². The first-order valence-electron chi connectivity index (χ1n) is 11.3. The van der Waals surface area contributed by atoms with Gasteiger partial charge in [-0.25, -0.2) is 9.78 Å². The summed E-state index contributed by atoms with van der Waals surface area (Å²) >= 11 is 3.16. The Morgan fingerprint density at radius 3 is 2.74 bits per heavy atom. The number of carbonyl (C=O) groups is 2.